The van der Waals surface area contributed by atoms with Crippen LogP contribution in [-0.4, -0.2) is 50.1 Å². The fourth-order valence-electron chi connectivity index (χ4n) is 6.26. The zero-order valence-electron chi connectivity index (χ0n) is 26.8. The molecule has 0 spiro atoms. The molecule has 0 aromatic heterocycles. The number of nitrogens with two attached hydrogens (primary N) is 2. The lowest BCUT2D eigenvalue weighted by Crippen LogP contribution is -2.51. The molecule has 242 valence electrons. The number of carbonyl (C=O) groups excluding carboxylic acids is 2. The third-order valence-corrected chi connectivity index (χ3v) is 8.42. The van der Waals surface area contributed by atoms with Crippen LogP contribution in [0.3, 0.4) is 0 Å². The lowest BCUT2D eigenvalue weighted by molar-refractivity contribution is -0.130. The molecule has 5 rings (SSSR count). The SMILES string of the molecule is COCC(Cc1ccccc1)NC(=O)C(CCCN=C(N)N)NC(=O)CC(c1cccc2ccccc12)c1cccc2ccccc12. The van der Waals surface area contributed by atoms with Crippen LogP contribution >= 0.6 is 0 Å². The summed E-state index contributed by atoms with van der Waals surface area (Å²) in [5.74, 6) is -0.750. The maximum absolute atomic E-state index is 14.0. The minimum Gasteiger partial charge on any atom is -0.383 e. The highest BCUT2D eigenvalue weighted by atomic mass is 16.5. The number of methoxy groups -OCH3 is 1. The van der Waals surface area contributed by atoms with Gasteiger partial charge in [-0.1, -0.05) is 115 Å². The van der Waals surface area contributed by atoms with E-state index in [1.165, 1.54) is 0 Å². The number of rotatable bonds is 15. The third-order valence-electron chi connectivity index (χ3n) is 8.42. The minimum absolute atomic E-state index is 0.00826. The summed E-state index contributed by atoms with van der Waals surface area (Å²) in [7, 11) is 1.61. The Balaban J connectivity index is 1.42. The molecule has 0 aliphatic carbocycles. The monoisotopic (exact) mass is 629 g/mol. The summed E-state index contributed by atoms with van der Waals surface area (Å²) in [6.07, 6.45) is 1.64. The third kappa shape index (κ3) is 8.95. The van der Waals surface area contributed by atoms with Gasteiger partial charge in [-0.2, -0.15) is 0 Å². The van der Waals surface area contributed by atoms with Gasteiger partial charge in [0.05, 0.1) is 12.6 Å². The molecule has 0 saturated heterocycles. The number of aliphatic imine (C=N–C) groups is 1. The van der Waals surface area contributed by atoms with Crippen LogP contribution in [-0.2, 0) is 20.7 Å². The standard InChI is InChI=1S/C39H43N5O3/c1-47-26-30(24-27-12-3-2-4-13-27)43-38(46)36(22-11-23-42-39(40)41)44-37(45)25-35(33-20-9-16-28-14-5-7-18-31(28)33)34-21-10-17-29-15-6-8-19-32(29)34/h2-10,12-21,30,35-36H,11,22-26H2,1H3,(H,43,46)(H,44,45)(H4,40,41,42). The first-order valence-electron chi connectivity index (χ1n) is 16.1. The first kappa shape index (κ1) is 33.2. The number of hydrogen-bond acceptors (Lipinski definition) is 4. The molecule has 2 atom stereocenters. The molecule has 0 aliphatic rings. The van der Waals surface area contributed by atoms with Gasteiger partial charge in [-0.15, -0.1) is 0 Å². The van der Waals surface area contributed by atoms with Gasteiger partial charge >= 0.3 is 0 Å². The molecule has 0 saturated carbocycles. The Hall–Kier alpha value is -5.21. The number of nitrogens with one attached hydrogen (secondary N) is 2. The van der Waals surface area contributed by atoms with Gasteiger partial charge in [0.2, 0.25) is 11.8 Å². The summed E-state index contributed by atoms with van der Waals surface area (Å²) in [6.45, 7) is 0.682. The lowest BCUT2D eigenvalue weighted by Gasteiger charge is -2.25. The van der Waals surface area contributed by atoms with Gasteiger partial charge in [0.1, 0.15) is 6.04 Å². The maximum atomic E-state index is 14.0. The Morgan fingerprint density at radius 3 is 1.91 bits per heavy atom. The fraction of sp³-hybridized carbons (Fsp3) is 0.256. The number of fused-ring (bicyclic) bond motifs is 2. The molecule has 6 N–H and O–H groups in total. The number of benzene rings is 5. The van der Waals surface area contributed by atoms with Crippen molar-refractivity contribution in [2.75, 3.05) is 20.3 Å². The van der Waals surface area contributed by atoms with E-state index in [4.69, 9.17) is 16.2 Å². The second kappa shape index (κ2) is 16.4. The molecule has 8 heteroatoms. The van der Waals surface area contributed by atoms with E-state index < -0.39 is 6.04 Å². The van der Waals surface area contributed by atoms with Crippen molar-refractivity contribution in [1.29, 1.82) is 0 Å². The van der Waals surface area contributed by atoms with Gasteiger partial charge in [-0.25, -0.2) is 0 Å². The van der Waals surface area contributed by atoms with Crippen molar-refractivity contribution in [2.45, 2.75) is 43.7 Å². The van der Waals surface area contributed by atoms with E-state index >= 15 is 0 Å². The van der Waals surface area contributed by atoms with Crippen LogP contribution in [0.2, 0.25) is 0 Å². The maximum Gasteiger partial charge on any atom is 0.242 e. The Morgan fingerprint density at radius 1 is 0.745 bits per heavy atom. The molecule has 0 radical (unpaired) electrons. The summed E-state index contributed by atoms with van der Waals surface area (Å²) in [5, 5.41) is 10.6. The molecule has 2 amide bonds. The van der Waals surface area contributed by atoms with E-state index in [9.17, 15) is 9.59 Å². The van der Waals surface area contributed by atoms with Gasteiger partial charge < -0.3 is 26.8 Å². The number of carbonyl (C=O) groups is 2. The number of amides is 2. The van der Waals surface area contributed by atoms with Crippen molar-refractivity contribution in [3.05, 3.63) is 132 Å². The van der Waals surface area contributed by atoms with Crippen molar-refractivity contribution >= 4 is 39.3 Å². The Morgan fingerprint density at radius 2 is 1.32 bits per heavy atom. The van der Waals surface area contributed by atoms with Crippen LogP contribution in [0.4, 0.5) is 0 Å². The van der Waals surface area contributed by atoms with Gasteiger partial charge in [0.25, 0.3) is 0 Å². The fourth-order valence-corrected chi connectivity index (χ4v) is 6.26. The topological polar surface area (TPSA) is 132 Å². The molecule has 47 heavy (non-hydrogen) atoms. The Bertz CT molecular complexity index is 1730. The average molecular weight is 630 g/mol. The zero-order chi connectivity index (χ0) is 33.0. The molecular weight excluding hydrogens is 586 g/mol. The Kier molecular flexibility index (Phi) is 11.6. The van der Waals surface area contributed by atoms with Crippen LogP contribution in [0.25, 0.3) is 21.5 Å². The zero-order valence-corrected chi connectivity index (χ0v) is 26.8. The highest BCUT2D eigenvalue weighted by molar-refractivity contribution is 5.93. The summed E-state index contributed by atoms with van der Waals surface area (Å²) >= 11 is 0. The van der Waals surface area contributed by atoms with Crippen LogP contribution < -0.4 is 22.1 Å². The number of nitrogens with zero attached hydrogens (tertiary/aromatic N) is 1. The van der Waals surface area contributed by atoms with Crippen molar-refractivity contribution in [2.24, 2.45) is 16.5 Å². The molecule has 5 aromatic rings. The van der Waals surface area contributed by atoms with Crippen molar-refractivity contribution < 1.29 is 14.3 Å². The number of ether oxygens (including phenoxy) is 1. The molecule has 5 aromatic carbocycles. The molecule has 8 nitrogen and oxygen atoms in total. The van der Waals surface area contributed by atoms with Crippen molar-refractivity contribution in [3.8, 4) is 0 Å². The van der Waals surface area contributed by atoms with E-state index in [-0.39, 0.29) is 36.2 Å². The number of hydrogen-bond donors (Lipinski definition) is 4. The van der Waals surface area contributed by atoms with Gasteiger partial charge in [-0.05, 0) is 57.5 Å². The quantitative estimate of drug-likeness (QED) is 0.0697. The van der Waals surface area contributed by atoms with E-state index in [0.29, 0.717) is 32.4 Å². The minimum atomic E-state index is -0.785. The van der Waals surface area contributed by atoms with Gasteiger partial charge in [0, 0.05) is 26.0 Å². The smallest absolute Gasteiger partial charge is 0.242 e. The second-order valence-electron chi connectivity index (χ2n) is 11.8. The van der Waals surface area contributed by atoms with Gasteiger partial charge in [-0.3, -0.25) is 14.6 Å². The summed E-state index contributed by atoms with van der Waals surface area (Å²) in [5.41, 5.74) is 14.3. The highest BCUT2D eigenvalue weighted by Gasteiger charge is 2.27. The van der Waals surface area contributed by atoms with Crippen LogP contribution in [0.5, 0.6) is 0 Å². The molecule has 0 heterocycles. The summed E-state index contributed by atoms with van der Waals surface area (Å²) < 4.78 is 5.44. The summed E-state index contributed by atoms with van der Waals surface area (Å²) in [6, 6.07) is 37.8. The van der Waals surface area contributed by atoms with Crippen LogP contribution in [0.1, 0.15) is 41.9 Å². The average Bonchev–Trinajstić information content (AvgIpc) is 3.08. The predicted octanol–water partition coefficient (Wildman–Crippen LogP) is 5.43. The summed E-state index contributed by atoms with van der Waals surface area (Å²) in [4.78, 5) is 31.9. The molecule has 2 unspecified atom stereocenters. The number of guanidine groups is 1. The first-order valence-corrected chi connectivity index (χ1v) is 16.1. The van der Waals surface area contributed by atoms with Crippen LogP contribution in [0.15, 0.2) is 120 Å². The molecule has 0 fully saturated rings. The van der Waals surface area contributed by atoms with E-state index in [2.05, 4.69) is 64.2 Å². The Labute approximate surface area is 276 Å². The molecule has 0 bridgehead atoms. The van der Waals surface area contributed by atoms with E-state index in [1.807, 2.05) is 66.7 Å². The van der Waals surface area contributed by atoms with E-state index in [0.717, 1.165) is 38.2 Å². The molecule has 0 aliphatic heterocycles. The predicted molar refractivity (Wildman–Crippen MR) is 190 cm³/mol. The van der Waals surface area contributed by atoms with Crippen molar-refractivity contribution in [1.82, 2.24) is 10.6 Å². The normalized spacial score (nSPS) is 12.5. The van der Waals surface area contributed by atoms with E-state index in [1.54, 1.807) is 7.11 Å². The molecular formula is C39H43N5O3. The second-order valence-corrected chi connectivity index (χ2v) is 11.8. The lowest BCUT2D eigenvalue weighted by atomic mass is 9.83. The van der Waals surface area contributed by atoms with Crippen LogP contribution in [0, 0.1) is 0 Å². The first-order chi connectivity index (χ1) is 22.9. The van der Waals surface area contributed by atoms with Crippen molar-refractivity contribution in [3.63, 3.8) is 0 Å². The highest BCUT2D eigenvalue weighted by Crippen LogP contribution is 2.37. The van der Waals surface area contributed by atoms with Gasteiger partial charge in [0.15, 0.2) is 5.96 Å². The largest absolute Gasteiger partial charge is 0.383 e.